The fraction of sp³-hybridized carbons (Fsp3) is 0.154. The van der Waals surface area contributed by atoms with Crippen LogP contribution in [0.3, 0.4) is 0 Å². The third kappa shape index (κ3) is 54.1. The Hall–Kier alpha value is 0.393. The zero-order chi connectivity index (χ0) is 6.95. The minimum absolute atomic E-state index is 0. The van der Waals surface area contributed by atoms with Crippen LogP contribution in [0.25, 0.3) is 0 Å². The predicted molar refractivity (Wildman–Crippen MR) is 74.6 cm³/mol. The number of hydrogen-bond acceptors (Lipinski definition) is 0. The zero-order valence-corrected chi connectivity index (χ0v) is 14.0. The van der Waals surface area contributed by atoms with Crippen LogP contribution >= 0.6 is 11.6 Å². The van der Waals surface area contributed by atoms with Crippen LogP contribution < -0.4 is 0 Å². The van der Waals surface area contributed by atoms with Gasteiger partial charge in [0, 0.05) is 32.1 Å². The third-order valence-electron chi connectivity index (χ3n) is 0.695. The van der Waals surface area contributed by atoms with Gasteiger partial charge < -0.3 is 37.1 Å². The molecule has 1 rings (SSSR count). The van der Waals surface area contributed by atoms with Crippen LogP contribution in [0.5, 0.6) is 0 Å². The number of rotatable bonds is 1. The van der Waals surface area contributed by atoms with E-state index < -0.39 is 0 Å². The van der Waals surface area contributed by atoms with Gasteiger partial charge in [0.05, 0.1) is 0 Å². The average molecular weight is 308 g/mol. The molecule has 0 atom stereocenters. The first kappa shape index (κ1) is 45.3. The molecule has 0 spiro atoms. The fourth-order valence-corrected chi connectivity index (χ4v) is 0.340. The second-order valence-corrected chi connectivity index (χ2v) is 1.75. The minimum atomic E-state index is 0. The number of allylic oxidation sites excluding steroid dienone is 5. The summed E-state index contributed by atoms with van der Waals surface area (Å²) in [6, 6.07) is 0. The van der Waals surface area contributed by atoms with Crippen molar-refractivity contribution in [3.8, 4) is 0 Å². The molecule has 0 aromatic rings. The van der Waals surface area contributed by atoms with Crippen molar-refractivity contribution in [3.05, 3.63) is 74.1 Å². The van der Waals surface area contributed by atoms with Crippen LogP contribution in [0.4, 0.5) is 0 Å². The fourth-order valence-electron chi connectivity index (χ4n) is 0.340. The molecule has 0 saturated heterocycles. The molecular weight excluding hydrogens is 283 g/mol. The molecule has 1 aliphatic carbocycles. The molecular formula is C13H25ClZr-6. The van der Waals surface area contributed by atoms with E-state index in [1.54, 1.807) is 6.08 Å². The molecule has 0 aliphatic heterocycles. The van der Waals surface area contributed by atoms with Crippen LogP contribution in [0, 0.1) is 43.2 Å². The topological polar surface area (TPSA) is 0 Å². The number of halogens is 1. The summed E-state index contributed by atoms with van der Waals surface area (Å²) in [5, 5.41) is 0. The minimum Gasteiger partial charge on any atom is -0.358 e. The molecule has 15 heavy (non-hydrogen) atoms. The maximum atomic E-state index is 5.07. The van der Waals surface area contributed by atoms with Crippen molar-refractivity contribution < 1.29 is 26.2 Å². The molecule has 0 aromatic heterocycles. The smallest absolute Gasteiger partial charge is 0.0401 e. The molecule has 94 valence electrons. The quantitative estimate of drug-likeness (QED) is 0.365. The van der Waals surface area contributed by atoms with Gasteiger partial charge in [-0.2, -0.15) is 6.08 Å². The van der Waals surface area contributed by atoms with Gasteiger partial charge in [-0.25, -0.2) is 12.2 Å². The van der Waals surface area contributed by atoms with Crippen molar-refractivity contribution in [1.29, 1.82) is 0 Å². The van der Waals surface area contributed by atoms with E-state index in [2.05, 4.69) is 18.7 Å². The summed E-state index contributed by atoms with van der Waals surface area (Å²) < 4.78 is 0. The summed E-state index contributed by atoms with van der Waals surface area (Å²) in [7, 11) is 0. The van der Waals surface area contributed by atoms with Gasteiger partial charge in [0.2, 0.25) is 0 Å². The normalized spacial score (nSPS) is 7.53. The molecule has 0 saturated carbocycles. The van der Waals surface area contributed by atoms with Gasteiger partial charge in [0.25, 0.3) is 0 Å². The van der Waals surface area contributed by atoms with E-state index in [-0.39, 0.29) is 63.3 Å². The van der Waals surface area contributed by atoms with E-state index in [1.165, 1.54) is 0 Å². The van der Waals surface area contributed by atoms with Gasteiger partial charge in [0.1, 0.15) is 0 Å². The van der Waals surface area contributed by atoms with Crippen LogP contribution in [0.15, 0.2) is 30.9 Å². The van der Waals surface area contributed by atoms with E-state index in [4.69, 9.17) is 11.6 Å². The van der Waals surface area contributed by atoms with E-state index in [9.17, 15) is 0 Å². The molecule has 2 heteroatoms. The Labute approximate surface area is 124 Å². The van der Waals surface area contributed by atoms with Crippen molar-refractivity contribution in [3.63, 3.8) is 0 Å². The first-order valence-electron chi connectivity index (χ1n) is 2.80. The molecule has 0 amide bonds. The van der Waals surface area contributed by atoms with Gasteiger partial charge >= 0.3 is 0 Å². The molecule has 0 radical (unpaired) electrons. The monoisotopic (exact) mass is 306 g/mol. The van der Waals surface area contributed by atoms with Crippen LogP contribution in [-0.2, 0) is 26.2 Å². The summed E-state index contributed by atoms with van der Waals surface area (Å²) in [6.45, 7) is 3.35. The Balaban J connectivity index is -0.0000000124. The molecule has 0 nitrogen and oxygen atoms in total. The summed E-state index contributed by atoms with van der Waals surface area (Å²) in [4.78, 5) is 0. The first-order valence-corrected chi connectivity index (χ1v) is 3.34. The zero-order valence-electron chi connectivity index (χ0n) is 10.8. The SMILES string of the molecule is C=CCCl.[C-]1=CC=CC1.[CH3-].[CH3-].[CH3-].[CH3-].[CH3-].[Zr]. The van der Waals surface area contributed by atoms with Crippen molar-refractivity contribution in [2.75, 3.05) is 5.88 Å². The molecule has 0 heterocycles. The van der Waals surface area contributed by atoms with Crippen molar-refractivity contribution in [2.24, 2.45) is 0 Å². The van der Waals surface area contributed by atoms with E-state index in [0.717, 1.165) is 6.42 Å². The van der Waals surface area contributed by atoms with Gasteiger partial charge in [-0.3, -0.25) is 6.08 Å². The maximum absolute atomic E-state index is 5.07. The Bertz CT molecular complexity index is 108. The maximum Gasteiger partial charge on any atom is 0.0401 e. The molecule has 0 unspecified atom stereocenters. The van der Waals surface area contributed by atoms with Gasteiger partial charge in [-0.1, -0.05) is 6.08 Å². The number of hydrogen-bond donors (Lipinski definition) is 0. The Morgan fingerprint density at radius 2 is 1.60 bits per heavy atom. The van der Waals surface area contributed by atoms with Crippen LogP contribution in [0.1, 0.15) is 6.42 Å². The summed E-state index contributed by atoms with van der Waals surface area (Å²) in [5.74, 6) is 0.556. The molecule has 0 aromatic carbocycles. The summed E-state index contributed by atoms with van der Waals surface area (Å²) in [6.07, 6.45) is 11.6. The van der Waals surface area contributed by atoms with E-state index in [0.29, 0.717) is 5.88 Å². The standard InChI is InChI=1S/C5H5.C3H5Cl.5CH3.Zr/c1-2-4-5-3-1;1-2-3-4;;;;;;/h1-3H,4H2;2H,1,3H2;5*1H3;/q-1;;5*-1;. The Morgan fingerprint density at radius 3 is 1.67 bits per heavy atom. The van der Waals surface area contributed by atoms with Crippen molar-refractivity contribution in [1.82, 2.24) is 0 Å². The molecule has 0 N–H and O–H groups in total. The second-order valence-electron chi connectivity index (χ2n) is 1.45. The van der Waals surface area contributed by atoms with E-state index in [1.807, 2.05) is 12.2 Å². The van der Waals surface area contributed by atoms with Crippen LogP contribution in [0.2, 0.25) is 0 Å². The van der Waals surface area contributed by atoms with Crippen molar-refractivity contribution in [2.45, 2.75) is 6.42 Å². The Morgan fingerprint density at radius 1 is 1.20 bits per heavy atom. The Kier molecular flexibility index (Phi) is 143. The second kappa shape index (κ2) is 47.2. The van der Waals surface area contributed by atoms with Gasteiger partial charge in [-0.15, -0.1) is 24.6 Å². The average Bonchev–Trinajstić information content (AvgIpc) is 2.43. The first-order chi connectivity index (χ1) is 4.41. The van der Waals surface area contributed by atoms with E-state index >= 15 is 0 Å². The molecule has 0 fully saturated rings. The molecule has 1 aliphatic rings. The summed E-state index contributed by atoms with van der Waals surface area (Å²) in [5.41, 5.74) is 0. The predicted octanol–water partition coefficient (Wildman–Crippen LogP) is 4.97. The largest absolute Gasteiger partial charge is 0.358 e. The summed E-state index contributed by atoms with van der Waals surface area (Å²) >= 11 is 5.07. The third-order valence-corrected chi connectivity index (χ3v) is 0.913. The van der Waals surface area contributed by atoms with Gasteiger partial charge in [0.15, 0.2) is 0 Å². The molecule has 0 bridgehead atoms. The van der Waals surface area contributed by atoms with Crippen molar-refractivity contribution >= 4 is 11.6 Å². The number of alkyl halides is 1. The van der Waals surface area contributed by atoms with Gasteiger partial charge in [-0.05, 0) is 0 Å². The van der Waals surface area contributed by atoms with Crippen LogP contribution in [-0.4, -0.2) is 5.88 Å².